The van der Waals surface area contributed by atoms with Crippen LogP contribution >= 0.6 is 0 Å². The Bertz CT molecular complexity index is 547. The minimum Gasteiger partial charge on any atom is -0.468 e. The smallest absolute Gasteiger partial charge is 0.327 e. The van der Waals surface area contributed by atoms with Gasteiger partial charge in [0.25, 0.3) is 0 Å². The first-order valence-electron chi connectivity index (χ1n) is 8.35. The highest BCUT2D eigenvalue weighted by Gasteiger charge is 2.31. The van der Waals surface area contributed by atoms with Crippen LogP contribution in [0.2, 0.25) is 0 Å². The fourth-order valence-corrected chi connectivity index (χ4v) is 2.88. The van der Waals surface area contributed by atoms with Crippen LogP contribution < -0.4 is 5.32 Å². The molecule has 1 aliphatic heterocycles. The Morgan fingerprint density at radius 1 is 1.28 bits per heavy atom. The molecule has 1 amide bonds. The molecule has 1 atom stereocenters. The lowest BCUT2D eigenvalue weighted by Crippen LogP contribution is -2.51. The molecule has 0 unspecified atom stereocenters. The van der Waals surface area contributed by atoms with Crippen LogP contribution in [0.5, 0.6) is 0 Å². The quantitative estimate of drug-likeness (QED) is 0.508. The predicted octanol–water partition coefficient (Wildman–Crippen LogP) is -0.324. The first kappa shape index (κ1) is 19.3. The molecular weight excluding hydrogens is 324 g/mol. The molecule has 0 radical (unpaired) electrons. The van der Waals surface area contributed by atoms with E-state index in [0.29, 0.717) is 45.9 Å². The first-order valence-corrected chi connectivity index (χ1v) is 8.35. The fraction of sp³-hybridized carbons (Fsp3) is 0.588. The molecule has 25 heavy (non-hydrogen) atoms. The lowest BCUT2D eigenvalue weighted by molar-refractivity contribution is -0.148. The lowest BCUT2D eigenvalue weighted by Gasteiger charge is -2.37. The van der Waals surface area contributed by atoms with Crippen molar-refractivity contribution in [2.45, 2.75) is 6.04 Å². The van der Waals surface area contributed by atoms with E-state index < -0.39 is 6.04 Å². The maximum atomic E-state index is 12.2. The van der Waals surface area contributed by atoms with E-state index >= 15 is 0 Å². The molecule has 1 aromatic heterocycles. The number of pyridine rings is 1. The molecule has 138 valence electrons. The molecule has 0 aliphatic carbocycles. The number of esters is 1. The van der Waals surface area contributed by atoms with Crippen molar-refractivity contribution in [3.05, 3.63) is 30.1 Å². The van der Waals surface area contributed by atoms with Gasteiger partial charge in [0.15, 0.2) is 0 Å². The van der Waals surface area contributed by atoms with Gasteiger partial charge < -0.3 is 14.8 Å². The third-order valence-corrected chi connectivity index (χ3v) is 4.19. The van der Waals surface area contributed by atoms with Crippen LogP contribution in [0.25, 0.3) is 0 Å². The van der Waals surface area contributed by atoms with Crippen molar-refractivity contribution < 1.29 is 19.1 Å². The SMILES string of the molecule is COCCNC(=O)CN1CCN([C@H](C(=O)OC)c2cccnc2)CC1. The number of nitrogens with zero attached hydrogens (tertiary/aromatic N) is 3. The van der Waals surface area contributed by atoms with Crippen molar-refractivity contribution in [2.24, 2.45) is 0 Å². The number of piperazine rings is 1. The van der Waals surface area contributed by atoms with Crippen LogP contribution in [0.4, 0.5) is 0 Å². The summed E-state index contributed by atoms with van der Waals surface area (Å²) in [6.45, 7) is 4.16. The molecule has 1 saturated heterocycles. The van der Waals surface area contributed by atoms with E-state index in [1.165, 1.54) is 7.11 Å². The summed E-state index contributed by atoms with van der Waals surface area (Å²) in [6.07, 6.45) is 3.37. The number of carbonyl (C=O) groups is 2. The standard InChI is InChI=1S/C17H26N4O4/c1-24-11-6-19-15(22)13-20-7-9-21(10-8-20)16(17(23)25-2)14-4-3-5-18-12-14/h3-5,12,16H,6-11,13H2,1-2H3,(H,19,22)/t16-/m0/s1. The second-order valence-electron chi connectivity index (χ2n) is 5.87. The van der Waals surface area contributed by atoms with Crippen LogP contribution in [0.1, 0.15) is 11.6 Å². The zero-order chi connectivity index (χ0) is 18.1. The van der Waals surface area contributed by atoms with Gasteiger partial charge in [-0.25, -0.2) is 4.79 Å². The molecule has 0 spiro atoms. The van der Waals surface area contributed by atoms with Crippen LogP contribution in [-0.2, 0) is 19.1 Å². The van der Waals surface area contributed by atoms with E-state index in [1.54, 1.807) is 19.5 Å². The third kappa shape index (κ3) is 5.77. The first-order chi connectivity index (χ1) is 12.2. The van der Waals surface area contributed by atoms with Gasteiger partial charge >= 0.3 is 5.97 Å². The average molecular weight is 350 g/mol. The highest BCUT2D eigenvalue weighted by molar-refractivity contribution is 5.78. The topological polar surface area (TPSA) is 84.0 Å². The van der Waals surface area contributed by atoms with Gasteiger partial charge in [-0.15, -0.1) is 0 Å². The van der Waals surface area contributed by atoms with Crippen LogP contribution in [0, 0.1) is 0 Å². The van der Waals surface area contributed by atoms with Crippen molar-refractivity contribution >= 4 is 11.9 Å². The van der Waals surface area contributed by atoms with E-state index in [0.717, 1.165) is 5.56 Å². The molecule has 2 rings (SSSR count). The van der Waals surface area contributed by atoms with Crippen molar-refractivity contribution in [1.29, 1.82) is 0 Å². The van der Waals surface area contributed by atoms with Gasteiger partial charge in [-0.3, -0.25) is 19.6 Å². The third-order valence-electron chi connectivity index (χ3n) is 4.19. The maximum absolute atomic E-state index is 12.2. The van der Waals surface area contributed by atoms with Gasteiger partial charge in [0.1, 0.15) is 6.04 Å². The molecule has 0 bridgehead atoms. The highest BCUT2D eigenvalue weighted by atomic mass is 16.5. The summed E-state index contributed by atoms with van der Waals surface area (Å²) in [5.74, 6) is -0.305. The summed E-state index contributed by atoms with van der Waals surface area (Å²) in [4.78, 5) is 32.4. The second kappa shape index (κ2) is 10.1. The average Bonchev–Trinajstić information content (AvgIpc) is 2.64. The Hall–Kier alpha value is -2.03. The Morgan fingerprint density at radius 3 is 2.64 bits per heavy atom. The zero-order valence-electron chi connectivity index (χ0n) is 14.8. The molecular formula is C17H26N4O4. The molecule has 1 aromatic rings. The number of hydrogen-bond donors (Lipinski definition) is 1. The van der Waals surface area contributed by atoms with Gasteiger partial charge in [0.05, 0.1) is 20.3 Å². The number of nitrogens with one attached hydrogen (secondary N) is 1. The normalized spacial score (nSPS) is 17.0. The Labute approximate surface area is 148 Å². The van der Waals surface area contributed by atoms with Crippen LogP contribution in [-0.4, -0.2) is 86.8 Å². The number of methoxy groups -OCH3 is 2. The highest BCUT2D eigenvalue weighted by Crippen LogP contribution is 2.22. The van der Waals surface area contributed by atoms with E-state index in [2.05, 4.69) is 20.1 Å². The molecule has 0 aromatic carbocycles. The van der Waals surface area contributed by atoms with Crippen molar-refractivity contribution in [3.8, 4) is 0 Å². The molecule has 1 fully saturated rings. The van der Waals surface area contributed by atoms with Crippen molar-refractivity contribution in [2.75, 3.05) is 60.1 Å². The van der Waals surface area contributed by atoms with Gasteiger partial charge in [-0.2, -0.15) is 0 Å². The summed E-state index contributed by atoms with van der Waals surface area (Å²) < 4.78 is 9.88. The number of hydrogen-bond acceptors (Lipinski definition) is 7. The number of amides is 1. The summed E-state index contributed by atoms with van der Waals surface area (Å²) >= 11 is 0. The minimum absolute atomic E-state index is 0.0118. The monoisotopic (exact) mass is 350 g/mol. The van der Waals surface area contributed by atoms with E-state index in [4.69, 9.17) is 9.47 Å². The fourth-order valence-electron chi connectivity index (χ4n) is 2.88. The van der Waals surface area contributed by atoms with Gasteiger partial charge in [-0.1, -0.05) is 6.07 Å². The molecule has 8 heteroatoms. The molecule has 0 saturated carbocycles. The van der Waals surface area contributed by atoms with Crippen molar-refractivity contribution in [3.63, 3.8) is 0 Å². The van der Waals surface area contributed by atoms with Crippen LogP contribution in [0.15, 0.2) is 24.5 Å². The minimum atomic E-state index is -0.462. The van der Waals surface area contributed by atoms with E-state index in [9.17, 15) is 9.59 Å². The second-order valence-corrected chi connectivity index (χ2v) is 5.87. The summed E-state index contributed by atoms with van der Waals surface area (Å²) in [5.41, 5.74) is 0.820. The predicted molar refractivity (Wildman–Crippen MR) is 91.9 cm³/mol. The molecule has 1 aliphatic rings. The Kier molecular flexibility index (Phi) is 7.77. The van der Waals surface area contributed by atoms with Gasteiger partial charge in [-0.05, 0) is 11.6 Å². The lowest BCUT2D eigenvalue weighted by atomic mass is 10.1. The summed E-state index contributed by atoms with van der Waals surface area (Å²) in [5, 5.41) is 2.82. The number of rotatable bonds is 8. The molecule has 8 nitrogen and oxygen atoms in total. The molecule has 1 N–H and O–H groups in total. The zero-order valence-corrected chi connectivity index (χ0v) is 14.8. The van der Waals surface area contributed by atoms with Gasteiger partial charge in [0.2, 0.25) is 5.91 Å². The molecule has 2 heterocycles. The van der Waals surface area contributed by atoms with Gasteiger partial charge in [0, 0.05) is 52.2 Å². The van der Waals surface area contributed by atoms with E-state index in [1.807, 2.05) is 12.1 Å². The maximum Gasteiger partial charge on any atom is 0.327 e. The number of carbonyl (C=O) groups excluding carboxylic acids is 2. The summed E-state index contributed by atoms with van der Waals surface area (Å²) in [6, 6.07) is 3.23. The summed E-state index contributed by atoms with van der Waals surface area (Å²) in [7, 11) is 3.00. The largest absolute Gasteiger partial charge is 0.468 e. The number of aromatic nitrogens is 1. The van der Waals surface area contributed by atoms with E-state index in [-0.39, 0.29) is 11.9 Å². The Morgan fingerprint density at radius 2 is 2.04 bits per heavy atom. The van der Waals surface area contributed by atoms with Crippen LogP contribution in [0.3, 0.4) is 0 Å². The Balaban J connectivity index is 1.88. The van der Waals surface area contributed by atoms with Crippen molar-refractivity contribution in [1.82, 2.24) is 20.1 Å². The number of ether oxygens (including phenoxy) is 2.